The van der Waals surface area contributed by atoms with E-state index in [0.717, 1.165) is 43.5 Å². The predicted molar refractivity (Wildman–Crippen MR) is 79.7 cm³/mol. The molecule has 0 amide bonds. The lowest BCUT2D eigenvalue weighted by Gasteiger charge is -2.35. The minimum Gasteiger partial charge on any atom is -0.317 e. The summed E-state index contributed by atoms with van der Waals surface area (Å²) in [4.78, 5) is 12.7. The van der Waals surface area contributed by atoms with Gasteiger partial charge in [-0.2, -0.15) is 0 Å². The van der Waals surface area contributed by atoms with Crippen LogP contribution in [-0.2, 0) is 11.2 Å². The minimum atomic E-state index is -0.139. The van der Waals surface area contributed by atoms with Gasteiger partial charge in [0.1, 0.15) is 5.78 Å². The Balaban J connectivity index is 2.15. The number of hydrogen-bond donors (Lipinski definition) is 1. The van der Waals surface area contributed by atoms with Crippen molar-refractivity contribution in [2.45, 2.75) is 39.5 Å². The van der Waals surface area contributed by atoms with Crippen molar-refractivity contribution in [2.24, 2.45) is 5.41 Å². The molecule has 2 nitrogen and oxygen atoms in total. The predicted octanol–water partition coefficient (Wildman–Crippen LogP) is 3.54. The number of carbonyl (C=O) groups is 1. The summed E-state index contributed by atoms with van der Waals surface area (Å²) in [6.45, 7) is 6.03. The van der Waals surface area contributed by atoms with Crippen molar-refractivity contribution in [1.82, 2.24) is 5.32 Å². The molecule has 3 heteroatoms. The maximum atomic E-state index is 12.7. The molecule has 1 aromatic rings. The molecular weight excluding hydrogens is 258 g/mol. The Bertz CT molecular complexity index is 464. The fourth-order valence-electron chi connectivity index (χ4n) is 2.89. The van der Waals surface area contributed by atoms with E-state index in [4.69, 9.17) is 11.6 Å². The third kappa shape index (κ3) is 3.18. The number of hydrogen-bond acceptors (Lipinski definition) is 2. The van der Waals surface area contributed by atoms with Crippen molar-refractivity contribution in [1.29, 1.82) is 0 Å². The largest absolute Gasteiger partial charge is 0.317 e. The van der Waals surface area contributed by atoms with Crippen LogP contribution in [0.15, 0.2) is 18.2 Å². The number of carbonyl (C=O) groups excluding carboxylic acids is 1. The lowest BCUT2D eigenvalue weighted by molar-refractivity contribution is -0.129. The van der Waals surface area contributed by atoms with Crippen molar-refractivity contribution in [3.63, 3.8) is 0 Å². The van der Waals surface area contributed by atoms with Crippen LogP contribution in [-0.4, -0.2) is 18.9 Å². The second-order valence-corrected chi connectivity index (χ2v) is 5.99. The van der Waals surface area contributed by atoms with Gasteiger partial charge in [-0.25, -0.2) is 0 Å². The van der Waals surface area contributed by atoms with Crippen LogP contribution in [0, 0.1) is 12.3 Å². The van der Waals surface area contributed by atoms with Gasteiger partial charge in [-0.1, -0.05) is 30.7 Å². The van der Waals surface area contributed by atoms with E-state index in [1.807, 2.05) is 25.1 Å². The van der Waals surface area contributed by atoms with Gasteiger partial charge in [0.15, 0.2) is 0 Å². The van der Waals surface area contributed by atoms with E-state index in [1.165, 1.54) is 0 Å². The van der Waals surface area contributed by atoms with Crippen molar-refractivity contribution < 1.29 is 4.79 Å². The van der Waals surface area contributed by atoms with E-state index in [0.29, 0.717) is 17.2 Å². The first kappa shape index (κ1) is 14.5. The molecule has 0 atom stereocenters. The first-order valence-corrected chi connectivity index (χ1v) is 7.44. The number of aryl methyl sites for hydroxylation is 1. The third-order valence-electron chi connectivity index (χ3n) is 4.39. The van der Waals surface area contributed by atoms with E-state index in [9.17, 15) is 4.79 Å². The van der Waals surface area contributed by atoms with Gasteiger partial charge in [-0.15, -0.1) is 0 Å². The maximum absolute atomic E-state index is 12.7. The average Bonchev–Trinajstić information content (AvgIpc) is 2.42. The first-order valence-electron chi connectivity index (χ1n) is 7.06. The van der Waals surface area contributed by atoms with E-state index in [2.05, 4.69) is 12.2 Å². The van der Waals surface area contributed by atoms with Crippen LogP contribution in [0.3, 0.4) is 0 Å². The molecular formula is C16H22ClNO. The van der Waals surface area contributed by atoms with Crippen LogP contribution >= 0.6 is 11.6 Å². The zero-order chi connectivity index (χ0) is 13.9. The molecule has 1 aromatic carbocycles. The fraction of sp³-hybridized carbons (Fsp3) is 0.562. The highest BCUT2D eigenvalue weighted by atomic mass is 35.5. The SMILES string of the molecule is CCC1(C(=O)Cc2ccc(C)cc2Cl)CCNCC1. The number of halogens is 1. The smallest absolute Gasteiger partial charge is 0.143 e. The Morgan fingerprint density at radius 2 is 2.05 bits per heavy atom. The Morgan fingerprint density at radius 1 is 1.37 bits per heavy atom. The van der Waals surface area contributed by atoms with E-state index < -0.39 is 0 Å². The molecule has 0 radical (unpaired) electrons. The molecule has 1 N–H and O–H groups in total. The van der Waals surface area contributed by atoms with Crippen LogP contribution in [0.25, 0.3) is 0 Å². The molecule has 0 aliphatic carbocycles. The summed E-state index contributed by atoms with van der Waals surface area (Å²) in [5.74, 6) is 0.349. The Hall–Kier alpha value is -0.860. The van der Waals surface area contributed by atoms with Gasteiger partial charge < -0.3 is 5.32 Å². The number of piperidine rings is 1. The lowest BCUT2D eigenvalue weighted by atomic mass is 9.71. The maximum Gasteiger partial charge on any atom is 0.143 e. The third-order valence-corrected chi connectivity index (χ3v) is 4.74. The topological polar surface area (TPSA) is 29.1 Å². The normalized spacial score (nSPS) is 18.3. The van der Waals surface area contributed by atoms with E-state index in [1.54, 1.807) is 0 Å². The molecule has 1 heterocycles. The van der Waals surface area contributed by atoms with Crippen LogP contribution < -0.4 is 5.32 Å². The monoisotopic (exact) mass is 279 g/mol. The highest BCUT2D eigenvalue weighted by molar-refractivity contribution is 6.31. The first-order chi connectivity index (χ1) is 9.07. The summed E-state index contributed by atoms with van der Waals surface area (Å²) >= 11 is 6.24. The highest BCUT2D eigenvalue weighted by Crippen LogP contribution is 2.35. The molecule has 1 fully saturated rings. The summed E-state index contributed by atoms with van der Waals surface area (Å²) < 4.78 is 0. The van der Waals surface area contributed by atoms with Gasteiger partial charge in [0.05, 0.1) is 0 Å². The summed E-state index contributed by atoms with van der Waals surface area (Å²) in [6, 6.07) is 5.95. The zero-order valence-corrected chi connectivity index (χ0v) is 12.5. The Kier molecular flexibility index (Phi) is 4.64. The van der Waals surface area contributed by atoms with Crippen LogP contribution in [0.4, 0.5) is 0 Å². The zero-order valence-electron chi connectivity index (χ0n) is 11.8. The molecule has 1 saturated heterocycles. The molecule has 1 aliphatic rings. The molecule has 0 spiro atoms. The Labute approximate surface area is 120 Å². The summed E-state index contributed by atoms with van der Waals surface area (Å²) in [6.07, 6.45) is 3.29. The molecule has 0 saturated carbocycles. The number of ketones is 1. The van der Waals surface area contributed by atoms with Crippen molar-refractivity contribution in [3.8, 4) is 0 Å². The van der Waals surface area contributed by atoms with Crippen molar-refractivity contribution in [3.05, 3.63) is 34.3 Å². The summed E-state index contributed by atoms with van der Waals surface area (Å²) in [5.41, 5.74) is 1.95. The molecule has 2 rings (SSSR count). The summed E-state index contributed by atoms with van der Waals surface area (Å²) in [5, 5.41) is 4.05. The number of benzene rings is 1. The standard InChI is InChI=1S/C16H22ClNO/c1-3-16(6-8-18-9-7-16)15(19)11-13-5-4-12(2)10-14(13)17/h4-5,10,18H,3,6-9,11H2,1-2H3. The Morgan fingerprint density at radius 3 is 2.63 bits per heavy atom. The van der Waals surface area contributed by atoms with Crippen LogP contribution in [0.1, 0.15) is 37.3 Å². The van der Waals surface area contributed by atoms with Gasteiger partial charge in [-0.3, -0.25) is 4.79 Å². The summed E-state index contributed by atoms with van der Waals surface area (Å²) in [7, 11) is 0. The number of nitrogens with one attached hydrogen (secondary N) is 1. The molecule has 0 aromatic heterocycles. The molecule has 19 heavy (non-hydrogen) atoms. The lowest BCUT2D eigenvalue weighted by Crippen LogP contribution is -2.42. The molecule has 104 valence electrons. The number of rotatable bonds is 4. The van der Waals surface area contributed by atoms with E-state index >= 15 is 0 Å². The van der Waals surface area contributed by atoms with Gasteiger partial charge in [-0.05, 0) is 56.5 Å². The van der Waals surface area contributed by atoms with Gasteiger partial charge in [0.25, 0.3) is 0 Å². The minimum absolute atomic E-state index is 0.139. The molecule has 0 unspecified atom stereocenters. The average molecular weight is 280 g/mol. The van der Waals surface area contributed by atoms with Crippen molar-refractivity contribution in [2.75, 3.05) is 13.1 Å². The molecule has 1 aliphatic heterocycles. The van der Waals surface area contributed by atoms with Gasteiger partial charge in [0, 0.05) is 16.9 Å². The fourth-order valence-corrected chi connectivity index (χ4v) is 3.19. The van der Waals surface area contributed by atoms with E-state index in [-0.39, 0.29) is 5.41 Å². The number of Topliss-reactive ketones (excluding diaryl/α,β-unsaturated/α-hetero) is 1. The second-order valence-electron chi connectivity index (χ2n) is 5.58. The van der Waals surface area contributed by atoms with Crippen LogP contribution in [0.2, 0.25) is 5.02 Å². The van der Waals surface area contributed by atoms with Crippen LogP contribution in [0.5, 0.6) is 0 Å². The van der Waals surface area contributed by atoms with Gasteiger partial charge in [0.2, 0.25) is 0 Å². The molecule has 0 bridgehead atoms. The quantitative estimate of drug-likeness (QED) is 0.913. The second kappa shape index (κ2) is 6.06. The van der Waals surface area contributed by atoms with Crippen molar-refractivity contribution >= 4 is 17.4 Å². The highest BCUT2D eigenvalue weighted by Gasteiger charge is 2.37. The van der Waals surface area contributed by atoms with Gasteiger partial charge >= 0.3 is 0 Å².